The second kappa shape index (κ2) is 7.24. The lowest BCUT2D eigenvalue weighted by atomic mass is 10.1. The first-order valence-electron chi connectivity index (χ1n) is 9.51. The Kier molecular flexibility index (Phi) is 4.39. The highest BCUT2D eigenvalue weighted by Crippen LogP contribution is 2.32. The van der Waals surface area contributed by atoms with Crippen LogP contribution in [0, 0.1) is 10.1 Å². The van der Waals surface area contributed by atoms with Crippen molar-refractivity contribution >= 4 is 5.82 Å². The van der Waals surface area contributed by atoms with E-state index in [2.05, 4.69) is 15.1 Å². The average Bonchev–Trinajstić information content (AvgIpc) is 3.47. The smallest absolute Gasteiger partial charge is 0.415 e. The summed E-state index contributed by atoms with van der Waals surface area (Å²) in [5.74, 6) is 1.03. The van der Waals surface area contributed by atoms with Gasteiger partial charge in [0.05, 0.1) is 6.54 Å². The van der Waals surface area contributed by atoms with Crippen molar-refractivity contribution in [2.75, 3.05) is 6.61 Å². The molecule has 156 valence electrons. The third kappa shape index (κ3) is 3.70. The van der Waals surface area contributed by atoms with Gasteiger partial charge in [-0.3, -0.25) is 9.55 Å². The second-order valence-electron chi connectivity index (χ2n) is 7.42. The molecule has 0 spiro atoms. The molecule has 4 heterocycles. The summed E-state index contributed by atoms with van der Waals surface area (Å²) >= 11 is 0. The van der Waals surface area contributed by atoms with Gasteiger partial charge in [0, 0.05) is 22.8 Å². The predicted molar refractivity (Wildman–Crippen MR) is 109 cm³/mol. The summed E-state index contributed by atoms with van der Waals surface area (Å²) in [5, 5.41) is 14.9. The number of hydrogen-bond acceptors (Lipinski definition) is 8. The molecule has 0 fully saturated rings. The van der Waals surface area contributed by atoms with Gasteiger partial charge in [-0.15, -0.1) is 0 Å². The minimum atomic E-state index is -0.667. The van der Waals surface area contributed by atoms with Gasteiger partial charge in [0.25, 0.3) is 0 Å². The standard InChI is InChI=1S/C21H17N5O5/c1-21(12-25-11-19(26(27)28)23-20(25)30-21)13-29-15-7-5-14(6-8-15)17-10-18(31-24-17)16-4-2-3-9-22-16/h2-11H,12-13H2,1H3/t21-/m1/s1. The van der Waals surface area contributed by atoms with Gasteiger partial charge in [0.15, 0.2) is 11.4 Å². The largest absolute Gasteiger partial charge is 0.489 e. The van der Waals surface area contributed by atoms with Gasteiger partial charge in [-0.1, -0.05) is 11.2 Å². The molecule has 0 N–H and O–H groups in total. The van der Waals surface area contributed by atoms with Gasteiger partial charge in [-0.2, -0.15) is 0 Å². The molecule has 1 aliphatic rings. The molecule has 0 saturated heterocycles. The van der Waals surface area contributed by atoms with Crippen molar-refractivity contribution in [3.8, 4) is 34.5 Å². The monoisotopic (exact) mass is 419 g/mol. The number of pyridine rings is 1. The zero-order chi connectivity index (χ0) is 21.4. The van der Waals surface area contributed by atoms with Crippen molar-refractivity contribution in [2.24, 2.45) is 0 Å². The number of rotatable bonds is 6. The number of benzene rings is 1. The van der Waals surface area contributed by atoms with E-state index in [9.17, 15) is 10.1 Å². The summed E-state index contributed by atoms with van der Waals surface area (Å²) in [4.78, 5) is 18.4. The average molecular weight is 419 g/mol. The fourth-order valence-electron chi connectivity index (χ4n) is 3.35. The first kappa shape index (κ1) is 18.8. The fourth-order valence-corrected chi connectivity index (χ4v) is 3.35. The Morgan fingerprint density at radius 3 is 2.77 bits per heavy atom. The molecule has 10 heteroatoms. The zero-order valence-corrected chi connectivity index (χ0v) is 16.5. The van der Waals surface area contributed by atoms with Gasteiger partial charge in [0.1, 0.15) is 29.9 Å². The van der Waals surface area contributed by atoms with Crippen LogP contribution in [0.2, 0.25) is 0 Å². The molecule has 31 heavy (non-hydrogen) atoms. The Hall–Kier alpha value is -4.21. The van der Waals surface area contributed by atoms with Crippen LogP contribution in [0.5, 0.6) is 11.8 Å². The second-order valence-corrected chi connectivity index (χ2v) is 7.42. The molecule has 4 aromatic rings. The molecule has 10 nitrogen and oxygen atoms in total. The SMILES string of the molecule is C[C@]1(COc2ccc(-c3cc(-c4ccccn4)on3)cc2)Cn2cc([N+](=O)[O-])nc2O1. The van der Waals surface area contributed by atoms with Crippen molar-refractivity contribution in [3.05, 3.63) is 71.0 Å². The lowest BCUT2D eigenvalue weighted by Gasteiger charge is -2.22. The van der Waals surface area contributed by atoms with Gasteiger partial charge >= 0.3 is 11.8 Å². The van der Waals surface area contributed by atoms with Crippen molar-refractivity contribution in [1.82, 2.24) is 19.7 Å². The molecule has 1 aromatic carbocycles. The third-order valence-electron chi connectivity index (χ3n) is 4.88. The first-order chi connectivity index (χ1) is 15.0. The van der Waals surface area contributed by atoms with Crippen LogP contribution in [0.25, 0.3) is 22.7 Å². The minimum Gasteiger partial charge on any atom is -0.489 e. The molecule has 3 aromatic heterocycles. The molecule has 5 rings (SSSR count). The summed E-state index contributed by atoms with van der Waals surface area (Å²) < 4.78 is 18.7. The maximum atomic E-state index is 10.8. The number of imidazole rings is 1. The number of hydrogen-bond donors (Lipinski definition) is 0. The van der Waals surface area contributed by atoms with E-state index in [1.165, 1.54) is 6.20 Å². The maximum absolute atomic E-state index is 10.8. The van der Waals surface area contributed by atoms with E-state index in [-0.39, 0.29) is 18.4 Å². The van der Waals surface area contributed by atoms with Gasteiger partial charge in [-0.05, 0) is 48.2 Å². The summed E-state index contributed by atoms with van der Waals surface area (Å²) in [6.07, 6.45) is 3.07. The van der Waals surface area contributed by atoms with Crippen LogP contribution in [-0.2, 0) is 6.54 Å². The molecule has 1 aliphatic heterocycles. The summed E-state index contributed by atoms with van der Waals surface area (Å²) in [6.45, 7) is 2.55. The highest BCUT2D eigenvalue weighted by Gasteiger charge is 2.41. The number of nitrogens with zero attached hydrogens (tertiary/aromatic N) is 5. The van der Waals surface area contributed by atoms with Gasteiger partial charge in [0.2, 0.25) is 0 Å². The summed E-state index contributed by atoms with van der Waals surface area (Å²) in [7, 11) is 0. The van der Waals surface area contributed by atoms with Crippen LogP contribution in [0.1, 0.15) is 6.92 Å². The lowest BCUT2D eigenvalue weighted by molar-refractivity contribution is -0.389. The van der Waals surface area contributed by atoms with Crippen LogP contribution in [0.4, 0.5) is 5.82 Å². The Balaban J connectivity index is 1.23. The maximum Gasteiger partial charge on any atom is 0.415 e. The lowest BCUT2D eigenvalue weighted by Crippen LogP contribution is -2.38. The predicted octanol–water partition coefficient (Wildman–Crippen LogP) is 3.74. The highest BCUT2D eigenvalue weighted by molar-refractivity contribution is 5.65. The molecule has 0 amide bonds. The molecular weight excluding hydrogens is 402 g/mol. The molecule has 0 radical (unpaired) electrons. The summed E-state index contributed by atoms with van der Waals surface area (Å²) in [6, 6.07) is 15.1. The Morgan fingerprint density at radius 1 is 1.23 bits per heavy atom. The van der Waals surface area contributed by atoms with E-state index in [0.717, 1.165) is 11.3 Å². The Labute approximate surface area is 176 Å². The Morgan fingerprint density at radius 2 is 2.06 bits per heavy atom. The first-order valence-corrected chi connectivity index (χ1v) is 9.51. The normalized spacial score (nSPS) is 17.2. The van der Waals surface area contributed by atoms with Crippen LogP contribution in [-0.4, -0.2) is 36.8 Å². The number of aromatic nitrogens is 4. The van der Waals surface area contributed by atoms with Crippen LogP contribution < -0.4 is 9.47 Å². The van der Waals surface area contributed by atoms with Crippen LogP contribution in [0.3, 0.4) is 0 Å². The molecule has 1 atom stereocenters. The number of ether oxygens (including phenoxy) is 2. The third-order valence-corrected chi connectivity index (χ3v) is 4.88. The molecule has 0 bridgehead atoms. The van der Waals surface area contributed by atoms with Crippen molar-refractivity contribution in [2.45, 2.75) is 19.1 Å². The number of nitro groups is 1. The van der Waals surface area contributed by atoms with E-state index >= 15 is 0 Å². The van der Waals surface area contributed by atoms with Crippen molar-refractivity contribution < 1.29 is 18.9 Å². The zero-order valence-electron chi connectivity index (χ0n) is 16.5. The van der Waals surface area contributed by atoms with Crippen molar-refractivity contribution in [1.29, 1.82) is 0 Å². The highest BCUT2D eigenvalue weighted by atomic mass is 16.6. The van der Waals surface area contributed by atoms with E-state index < -0.39 is 10.5 Å². The molecular formula is C21H17N5O5. The molecule has 0 saturated carbocycles. The topological polar surface area (TPSA) is 118 Å². The molecule has 0 aliphatic carbocycles. The van der Waals surface area contributed by atoms with E-state index in [1.807, 2.05) is 55.5 Å². The minimum absolute atomic E-state index is 0.225. The number of fused-ring (bicyclic) bond motifs is 1. The van der Waals surface area contributed by atoms with Crippen LogP contribution in [0.15, 0.2) is 65.4 Å². The quantitative estimate of drug-likeness (QED) is 0.343. The Bertz CT molecular complexity index is 1210. The van der Waals surface area contributed by atoms with Crippen molar-refractivity contribution in [3.63, 3.8) is 0 Å². The van der Waals surface area contributed by atoms with E-state index in [1.54, 1.807) is 10.8 Å². The van der Waals surface area contributed by atoms with Gasteiger partial charge in [-0.25, -0.2) is 0 Å². The molecule has 0 unspecified atom stereocenters. The summed E-state index contributed by atoms with van der Waals surface area (Å²) in [5.41, 5.74) is 1.63. The van der Waals surface area contributed by atoms with Crippen LogP contribution >= 0.6 is 0 Å². The van der Waals surface area contributed by atoms with E-state index in [4.69, 9.17) is 14.0 Å². The van der Waals surface area contributed by atoms with E-state index in [0.29, 0.717) is 23.7 Å². The fraction of sp³-hybridized carbons (Fsp3) is 0.190. The van der Waals surface area contributed by atoms with Gasteiger partial charge < -0.3 is 24.1 Å².